The summed E-state index contributed by atoms with van der Waals surface area (Å²) in [5.74, 6) is 0. The van der Waals surface area contributed by atoms with Crippen LogP contribution in [0.5, 0.6) is 0 Å². The number of nitrogens with one attached hydrogen (secondary N) is 4. The lowest BCUT2D eigenvalue weighted by molar-refractivity contribution is 0.565. The van der Waals surface area contributed by atoms with Gasteiger partial charge in [-0.05, 0) is 25.0 Å². The number of benzene rings is 2. The molecule has 2 aromatic rings. The van der Waals surface area contributed by atoms with Crippen LogP contribution in [0.3, 0.4) is 0 Å². The first kappa shape index (κ1) is 20.6. The molecular weight excluding hydrogens is 320 g/mol. The van der Waals surface area contributed by atoms with Gasteiger partial charge in [0.25, 0.3) is 0 Å². The summed E-state index contributed by atoms with van der Waals surface area (Å²) >= 11 is 0. The van der Waals surface area contributed by atoms with Gasteiger partial charge in [0.15, 0.2) is 0 Å². The second kappa shape index (κ2) is 12.6. The van der Waals surface area contributed by atoms with E-state index in [-0.39, 0.29) is 0 Å². The zero-order valence-electron chi connectivity index (χ0n) is 16.3. The minimum absolute atomic E-state index is 0.939. The van der Waals surface area contributed by atoms with Gasteiger partial charge in [-0.25, -0.2) is 0 Å². The Bertz CT molecular complexity index is 572. The Balaban J connectivity index is 1.36. The molecule has 0 radical (unpaired) electrons. The van der Waals surface area contributed by atoms with E-state index in [1.807, 2.05) is 0 Å². The van der Waals surface area contributed by atoms with E-state index in [9.17, 15) is 0 Å². The summed E-state index contributed by atoms with van der Waals surface area (Å²) in [6.45, 7) is 12.1. The first-order valence-electron chi connectivity index (χ1n) is 9.68. The molecule has 0 amide bonds. The van der Waals surface area contributed by atoms with Crippen LogP contribution in [0.2, 0.25) is 0 Å². The molecule has 4 heteroatoms. The number of hydrogen-bond donors (Lipinski definition) is 4. The topological polar surface area (TPSA) is 48.1 Å². The van der Waals surface area contributed by atoms with Crippen LogP contribution in [0.15, 0.2) is 48.5 Å². The molecule has 0 aliphatic heterocycles. The van der Waals surface area contributed by atoms with Crippen molar-refractivity contribution in [3.05, 3.63) is 70.8 Å². The van der Waals surface area contributed by atoms with Crippen molar-refractivity contribution in [3.8, 4) is 0 Å². The molecule has 2 aromatic carbocycles. The van der Waals surface area contributed by atoms with Gasteiger partial charge in [0.2, 0.25) is 0 Å². The van der Waals surface area contributed by atoms with Crippen LogP contribution in [-0.2, 0) is 13.1 Å². The first-order valence-corrected chi connectivity index (χ1v) is 9.68. The van der Waals surface area contributed by atoms with E-state index < -0.39 is 0 Å². The largest absolute Gasteiger partial charge is 0.314 e. The summed E-state index contributed by atoms with van der Waals surface area (Å²) in [7, 11) is 0. The van der Waals surface area contributed by atoms with Gasteiger partial charge in [-0.1, -0.05) is 59.7 Å². The van der Waals surface area contributed by atoms with Crippen molar-refractivity contribution in [2.24, 2.45) is 0 Å². The van der Waals surface area contributed by atoms with Crippen molar-refractivity contribution in [1.82, 2.24) is 21.3 Å². The second-order valence-corrected chi connectivity index (χ2v) is 6.83. The van der Waals surface area contributed by atoms with E-state index in [1.54, 1.807) is 0 Å². The van der Waals surface area contributed by atoms with Gasteiger partial charge in [0.05, 0.1) is 0 Å². The summed E-state index contributed by atoms with van der Waals surface area (Å²) in [6, 6.07) is 17.3. The minimum Gasteiger partial charge on any atom is -0.314 e. The average Bonchev–Trinajstić information content (AvgIpc) is 2.63. The molecule has 0 bridgehead atoms. The van der Waals surface area contributed by atoms with Crippen LogP contribution < -0.4 is 21.3 Å². The maximum absolute atomic E-state index is 3.47. The fraction of sp³-hybridized carbons (Fsp3) is 0.455. The minimum atomic E-state index is 0.939. The lowest BCUT2D eigenvalue weighted by atomic mass is 10.1. The highest BCUT2D eigenvalue weighted by Crippen LogP contribution is 2.03. The Morgan fingerprint density at radius 3 is 1.31 bits per heavy atom. The average molecular weight is 355 g/mol. The zero-order chi connectivity index (χ0) is 18.5. The molecule has 0 atom stereocenters. The van der Waals surface area contributed by atoms with Gasteiger partial charge < -0.3 is 21.3 Å². The lowest BCUT2D eigenvalue weighted by Gasteiger charge is -2.09. The predicted molar refractivity (Wildman–Crippen MR) is 112 cm³/mol. The molecule has 2 rings (SSSR count). The number of hydrogen-bond acceptors (Lipinski definition) is 4. The van der Waals surface area contributed by atoms with Crippen LogP contribution in [0.4, 0.5) is 0 Å². The SMILES string of the molecule is Cc1cccc(CNCCNCCNCCNCc2cccc(C)c2)c1. The van der Waals surface area contributed by atoms with Gasteiger partial charge in [-0.3, -0.25) is 0 Å². The van der Waals surface area contributed by atoms with Crippen LogP contribution in [0.25, 0.3) is 0 Å². The molecule has 0 aromatic heterocycles. The summed E-state index contributed by atoms with van der Waals surface area (Å²) in [5, 5.41) is 13.9. The molecule has 0 saturated heterocycles. The van der Waals surface area contributed by atoms with E-state index in [2.05, 4.69) is 83.6 Å². The van der Waals surface area contributed by atoms with E-state index >= 15 is 0 Å². The standard InChI is InChI=1S/C22H34N4/c1-19-5-3-7-21(15-19)17-25-13-11-23-9-10-24-12-14-26-18-22-8-4-6-20(2)16-22/h3-8,15-16,23-26H,9-14,17-18H2,1-2H3. The Morgan fingerprint density at radius 2 is 0.923 bits per heavy atom. The highest BCUT2D eigenvalue weighted by atomic mass is 15.0. The lowest BCUT2D eigenvalue weighted by Crippen LogP contribution is -2.35. The third-order valence-corrected chi connectivity index (χ3v) is 4.26. The summed E-state index contributed by atoms with van der Waals surface area (Å²) in [6.07, 6.45) is 0. The number of aryl methyl sites for hydroxylation is 2. The molecule has 26 heavy (non-hydrogen) atoms. The van der Waals surface area contributed by atoms with E-state index in [0.29, 0.717) is 0 Å². The maximum Gasteiger partial charge on any atom is 0.0206 e. The third-order valence-electron chi connectivity index (χ3n) is 4.26. The molecule has 4 nitrogen and oxygen atoms in total. The van der Waals surface area contributed by atoms with Crippen molar-refractivity contribution in [2.75, 3.05) is 39.3 Å². The number of rotatable bonds is 13. The molecule has 0 spiro atoms. The van der Waals surface area contributed by atoms with Crippen molar-refractivity contribution in [1.29, 1.82) is 0 Å². The van der Waals surface area contributed by atoms with Crippen molar-refractivity contribution < 1.29 is 0 Å². The summed E-state index contributed by atoms with van der Waals surface area (Å²) in [5.41, 5.74) is 5.35. The fourth-order valence-electron chi connectivity index (χ4n) is 2.89. The van der Waals surface area contributed by atoms with E-state index in [0.717, 1.165) is 52.4 Å². The quantitative estimate of drug-likeness (QED) is 0.417. The Hall–Kier alpha value is -1.72. The Morgan fingerprint density at radius 1 is 0.538 bits per heavy atom. The molecule has 0 saturated carbocycles. The summed E-state index contributed by atoms with van der Waals surface area (Å²) in [4.78, 5) is 0. The highest BCUT2D eigenvalue weighted by Gasteiger charge is 1.94. The summed E-state index contributed by atoms with van der Waals surface area (Å²) < 4.78 is 0. The monoisotopic (exact) mass is 354 g/mol. The maximum atomic E-state index is 3.47. The third kappa shape index (κ3) is 9.11. The van der Waals surface area contributed by atoms with Gasteiger partial charge in [-0.2, -0.15) is 0 Å². The molecule has 0 unspecified atom stereocenters. The normalized spacial score (nSPS) is 11.0. The molecule has 0 heterocycles. The fourth-order valence-corrected chi connectivity index (χ4v) is 2.89. The molecular formula is C22H34N4. The molecule has 0 aliphatic carbocycles. The van der Waals surface area contributed by atoms with Crippen molar-refractivity contribution in [2.45, 2.75) is 26.9 Å². The smallest absolute Gasteiger partial charge is 0.0206 e. The Kier molecular flexibility index (Phi) is 9.98. The van der Waals surface area contributed by atoms with Gasteiger partial charge in [-0.15, -0.1) is 0 Å². The molecule has 0 fully saturated rings. The van der Waals surface area contributed by atoms with Gasteiger partial charge in [0, 0.05) is 52.4 Å². The predicted octanol–water partition coefficient (Wildman–Crippen LogP) is 2.36. The first-order chi connectivity index (χ1) is 12.7. The highest BCUT2D eigenvalue weighted by molar-refractivity contribution is 5.22. The van der Waals surface area contributed by atoms with Crippen LogP contribution in [0, 0.1) is 13.8 Å². The zero-order valence-corrected chi connectivity index (χ0v) is 16.3. The van der Waals surface area contributed by atoms with Crippen molar-refractivity contribution in [3.63, 3.8) is 0 Å². The van der Waals surface area contributed by atoms with Crippen LogP contribution >= 0.6 is 0 Å². The molecule has 4 N–H and O–H groups in total. The van der Waals surface area contributed by atoms with Crippen molar-refractivity contribution >= 4 is 0 Å². The van der Waals surface area contributed by atoms with Gasteiger partial charge >= 0.3 is 0 Å². The second-order valence-electron chi connectivity index (χ2n) is 6.83. The van der Waals surface area contributed by atoms with E-state index in [1.165, 1.54) is 22.3 Å². The van der Waals surface area contributed by atoms with Crippen LogP contribution in [-0.4, -0.2) is 39.3 Å². The van der Waals surface area contributed by atoms with Gasteiger partial charge in [0.1, 0.15) is 0 Å². The Labute approximate surface area is 158 Å². The van der Waals surface area contributed by atoms with E-state index in [4.69, 9.17) is 0 Å². The molecule has 0 aliphatic rings. The van der Waals surface area contributed by atoms with Crippen LogP contribution in [0.1, 0.15) is 22.3 Å². The molecule has 142 valence electrons.